The monoisotopic (exact) mass is 298 g/mol. The van der Waals surface area contributed by atoms with Gasteiger partial charge in [-0.2, -0.15) is 0 Å². The summed E-state index contributed by atoms with van der Waals surface area (Å²) in [5.74, 6) is 0.0196. The molecule has 0 unspecified atom stereocenters. The zero-order valence-electron chi connectivity index (χ0n) is 11.3. The Kier molecular flexibility index (Phi) is 4.12. The van der Waals surface area contributed by atoms with E-state index in [1.54, 1.807) is 36.3 Å². The number of nitrogens with zero attached hydrogens (tertiary/aromatic N) is 1. The molecule has 3 aromatic rings. The third-order valence-electron chi connectivity index (χ3n) is 3.05. The fourth-order valence-electron chi connectivity index (χ4n) is 2.01. The van der Waals surface area contributed by atoms with Crippen molar-refractivity contribution in [2.45, 2.75) is 13.0 Å². The zero-order chi connectivity index (χ0) is 14.5. The molecule has 106 valence electrons. The van der Waals surface area contributed by atoms with Crippen LogP contribution in [0, 0.1) is 0 Å². The first-order valence-corrected chi connectivity index (χ1v) is 7.45. The number of carbonyl (C=O) groups excluding carboxylic acids is 1. The molecule has 21 heavy (non-hydrogen) atoms. The average Bonchev–Trinajstić information content (AvgIpc) is 3.19. The first-order chi connectivity index (χ1) is 10.3. The number of hydrogen-bond donors (Lipinski definition) is 1. The van der Waals surface area contributed by atoms with Gasteiger partial charge >= 0.3 is 0 Å². The van der Waals surface area contributed by atoms with Gasteiger partial charge in [0.1, 0.15) is 0 Å². The van der Waals surface area contributed by atoms with Gasteiger partial charge in [-0.25, -0.2) is 0 Å². The fraction of sp³-hybridized carbons (Fsp3) is 0.125. The van der Waals surface area contributed by atoms with Crippen LogP contribution in [0.15, 0.2) is 59.0 Å². The van der Waals surface area contributed by atoms with Crippen molar-refractivity contribution in [2.24, 2.45) is 0 Å². The van der Waals surface area contributed by atoms with Gasteiger partial charge < -0.3 is 9.73 Å². The summed E-state index contributed by atoms with van der Waals surface area (Å²) in [6, 6.07) is 7.80. The lowest BCUT2D eigenvalue weighted by molar-refractivity contribution is -0.120. The minimum absolute atomic E-state index is 0.0196. The number of rotatable bonds is 5. The van der Waals surface area contributed by atoms with E-state index in [0.717, 1.165) is 21.6 Å². The van der Waals surface area contributed by atoms with E-state index >= 15 is 0 Å². The second-order valence-electron chi connectivity index (χ2n) is 4.63. The van der Waals surface area contributed by atoms with E-state index in [4.69, 9.17) is 4.42 Å². The maximum atomic E-state index is 11.9. The van der Waals surface area contributed by atoms with Gasteiger partial charge in [0.15, 0.2) is 0 Å². The Labute approximate surface area is 126 Å². The molecule has 0 aliphatic rings. The van der Waals surface area contributed by atoms with Gasteiger partial charge in [-0.1, -0.05) is 6.07 Å². The smallest absolute Gasteiger partial charge is 0.225 e. The maximum absolute atomic E-state index is 11.9. The molecule has 0 fully saturated rings. The summed E-state index contributed by atoms with van der Waals surface area (Å²) >= 11 is 1.59. The van der Waals surface area contributed by atoms with Crippen molar-refractivity contribution in [3.63, 3.8) is 0 Å². The van der Waals surface area contributed by atoms with E-state index in [1.807, 2.05) is 29.6 Å². The van der Waals surface area contributed by atoms with Crippen molar-refractivity contribution >= 4 is 17.2 Å². The van der Waals surface area contributed by atoms with E-state index < -0.39 is 0 Å². The molecule has 0 saturated carbocycles. The second-order valence-corrected chi connectivity index (χ2v) is 5.66. The molecule has 4 nitrogen and oxygen atoms in total. The summed E-state index contributed by atoms with van der Waals surface area (Å²) in [7, 11) is 0. The molecule has 3 heterocycles. The maximum Gasteiger partial charge on any atom is 0.225 e. The predicted octanol–water partition coefficient (Wildman–Crippen LogP) is 3.26. The van der Waals surface area contributed by atoms with E-state index in [0.29, 0.717) is 13.0 Å². The number of amides is 1. The Morgan fingerprint density at radius 3 is 3.00 bits per heavy atom. The minimum atomic E-state index is 0.0196. The Morgan fingerprint density at radius 1 is 1.29 bits per heavy atom. The van der Waals surface area contributed by atoms with Crippen LogP contribution in [0.5, 0.6) is 0 Å². The molecule has 0 spiro atoms. The van der Waals surface area contributed by atoms with Gasteiger partial charge in [-0.15, -0.1) is 11.3 Å². The molecule has 0 bridgehead atoms. The summed E-state index contributed by atoms with van der Waals surface area (Å²) in [6.45, 7) is 0.475. The highest BCUT2D eigenvalue weighted by atomic mass is 32.1. The summed E-state index contributed by atoms with van der Waals surface area (Å²) in [5.41, 5.74) is 2.93. The van der Waals surface area contributed by atoms with E-state index in [9.17, 15) is 4.79 Å². The quantitative estimate of drug-likeness (QED) is 0.786. The Hall–Kier alpha value is -2.40. The van der Waals surface area contributed by atoms with Crippen LogP contribution < -0.4 is 5.32 Å². The van der Waals surface area contributed by atoms with Crippen LogP contribution >= 0.6 is 11.3 Å². The lowest BCUT2D eigenvalue weighted by Gasteiger charge is -2.05. The van der Waals surface area contributed by atoms with Crippen molar-refractivity contribution in [3.8, 4) is 11.1 Å². The first-order valence-electron chi connectivity index (χ1n) is 6.57. The molecule has 0 radical (unpaired) electrons. The lowest BCUT2D eigenvalue weighted by atomic mass is 10.1. The number of furan rings is 1. The van der Waals surface area contributed by atoms with Crippen molar-refractivity contribution < 1.29 is 9.21 Å². The number of carbonyl (C=O) groups is 1. The third kappa shape index (κ3) is 3.58. The van der Waals surface area contributed by atoms with E-state index in [2.05, 4.69) is 10.3 Å². The molecule has 0 aliphatic carbocycles. The molecule has 5 heteroatoms. The van der Waals surface area contributed by atoms with Gasteiger partial charge in [-0.3, -0.25) is 9.78 Å². The molecule has 0 aromatic carbocycles. The summed E-state index contributed by atoms with van der Waals surface area (Å²) in [4.78, 5) is 17.1. The van der Waals surface area contributed by atoms with Crippen LogP contribution in [0.4, 0.5) is 0 Å². The van der Waals surface area contributed by atoms with E-state index in [-0.39, 0.29) is 5.91 Å². The number of nitrogens with one attached hydrogen (secondary N) is 1. The molecule has 1 amide bonds. The number of thiophene rings is 1. The second kappa shape index (κ2) is 6.37. The summed E-state index contributed by atoms with van der Waals surface area (Å²) in [5, 5.41) is 4.89. The number of hydrogen-bond acceptors (Lipinski definition) is 4. The molecular weight excluding hydrogens is 284 g/mol. The Morgan fingerprint density at radius 2 is 2.24 bits per heavy atom. The highest BCUT2D eigenvalue weighted by Gasteiger charge is 2.05. The number of pyridine rings is 1. The van der Waals surface area contributed by atoms with Crippen molar-refractivity contribution in [3.05, 3.63) is 65.0 Å². The van der Waals surface area contributed by atoms with Crippen LogP contribution in [0.1, 0.15) is 10.4 Å². The van der Waals surface area contributed by atoms with E-state index in [1.165, 1.54) is 0 Å². The highest BCUT2D eigenvalue weighted by molar-refractivity contribution is 7.10. The largest absolute Gasteiger partial charge is 0.472 e. The first kappa shape index (κ1) is 13.6. The molecule has 3 rings (SSSR count). The minimum Gasteiger partial charge on any atom is -0.472 e. The molecule has 0 saturated heterocycles. The molecule has 1 N–H and O–H groups in total. The third-order valence-corrected chi connectivity index (χ3v) is 3.93. The summed E-state index contributed by atoms with van der Waals surface area (Å²) in [6.07, 6.45) is 7.27. The summed E-state index contributed by atoms with van der Waals surface area (Å²) < 4.78 is 5.07. The van der Waals surface area contributed by atoms with Crippen molar-refractivity contribution in [1.82, 2.24) is 10.3 Å². The molecule has 0 atom stereocenters. The molecule has 0 aliphatic heterocycles. The van der Waals surface area contributed by atoms with Crippen LogP contribution in [0.25, 0.3) is 11.1 Å². The predicted molar refractivity (Wildman–Crippen MR) is 81.8 cm³/mol. The number of aromatic nitrogens is 1. The van der Waals surface area contributed by atoms with Gasteiger partial charge in [0.25, 0.3) is 0 Å². The Bertz CT molecular complexity index is 706. The SMILES string of the molecule is O=C(Cc1cccs1)NCc1cncc(-c2ccoc2)c1. The highest BCUT2D eigenvalue weighted by Crippen LogP contribution is 2.19. The van der Waals surface area contributed by atoms with Crippen LogP contribution in [0.2, 0.25) is 0 Å². The van der Waals surface area contributed by atoms with Gasteiger partial charge in [0, 0.05) is 34.9 Å². The van der Waals surface area contributed by atoms with Gasteiger partial charge in [0.05, 0.1) is 18.9 Å². The van der Waals surface area contributed by atoms with Gasteiger partial charge in [0.2, 0.25) is 5.91 Å². The fourth-order valence-corrected chi connectivity index (χ4v) is 2.71. The van der Waals surface area contributed by atoms with Crippen LogP contribution in [-0.2, 0) is 17.8 Å². The topological polar surface area (TPSA) is 55.1 Å². The van der Waals surface area contributed by atoms with Crippen molar-refractivity contribution in [2.75, 3.05) is 0 Å². The van der Waals surface area contributed by atoms with Gasteiger partial charge in [-0.05, 0) is 29.1 Å². The zero-order valence-corrected chi connectivity index (χ0v) is 12.1. The molecule has 3 aromatic heterocycles. The Balaban J connectivity index is 1.60. The molecular formula is C16H14N2O2S. The van der Waals surface area contributed by atoms with Crippen LogP contribution in [0.3, 0.4) is 0 Å². The standard InChI is InChI=1S/C16H14N2O2S/c19-16(7-15-2-1-5-21-15)18-9-12-6-14(10-17-8-12)13-3-4-20-11-13/h1-6,8,10-11H,7,9H2,(H,18,19). The normalized spacial score (nSPS) is 10.5. The van der Waals surface area contributed by atoms with Crippen LogP contribution in [-0.4, -0.2) is 10.9 Å². The van der Waals surface area contributed by atoms with Crippen molar-refractivity contribution in [1.29, 1.82) is 0 Å². The average molecular weight is 298 g/mol. The lowest BCUT2D eigenvalue weighted by Crippen LogP contribution is -2.24.